The molecule has 2 amide bonds. The fraction of sp³-hybridized carbons (Fsp3) is 0.368. The van der Waals surface area contributed by atoms with Crippen molar-refractivity contribution in [3.8, 4) is 11.3 Å². The molecule has 0 radical (unpaired) electrons. The van der Waals surface area contributed by atoms with Gasteiger partial charge in [0.1, 0.15) is 17.6 Å². The van der Waals surface area contributed by atoms with Crippen LogP contribution in [-0.4, -0.2) is 33.4 Å². The fourth-order valence-corrected chi connectivity index (χ4v) is 5.25. The van der Waals surface area contributed by atoms with Gasteiger partial charge in [0.15, 0.2) is 0 Å². The second-order valence-corrected chi connectivity index (χ2v) is 9.17. The number of halogens is 1. The normalized spacial score (nSPS) is 24.8. The monoisotopic (exact) mass is 434 g/mol. The summed E-state index contributed by atoms with van der Waals surface area (Å²) < 4.78 is 6.85. The van der Waals surface area contributed by atoms with E-state index in [4.69, 9.17) is 4.42 Å². The minimum atomic E-state index is -0.388. The molecular formula is C19H19BrN2O3S. The highest BCUT2D eigenvalue weighted by Gasteiger charge is 2.52. The maximum absolute atomic E-state index is 12.6. The van der Waals surface area contributed by atoms with Crippen molar-refractivity contribution in [1.82, 2.24) is 10.2 Å². The van der Waals surface area contributed by atoms with E-state index in [1.165, 1.54) is 0 Å². The van der Waals surface area contributed by atoms with E-state index in [1.54, 1.807) is 16.7 Å². The highest BCUT2D eigenvalue weighted by atomic mass is 79.9. The zero-order chi connectivity index (χ0) is 18.3. The molecule has 1 aromatic carbocycles. The first-order valence-electron chi connectivity index (χ1n) is 8.55. The molecule has 0 spiro atoms. The van der Waals surface area contributed by atoms with Crippen molar-refractivity contribution in [2.75, 3.05) is 5.75 Å². The van der Waals surface area contributed by atoms with Crippen molar-refractivity contribution in [2.45, 2.75) is 37.2 Å². The molecule has 2 fully saturated rings. The lowest BCUT2D eigenvalue weighted by Gasteiger charge is -2.29. The van der Waals surface area contributed by atoms with E-state index in [2.05, 4.69) is 21.2 Å². The Morgan fingerprint density at radius 2 is 2.12 bits per heavy atom. The average Bonchev–Trinajstić information content (AvgIpc) is 3.30. The van der Waals surface area contributed by atoms with Crippen LogP contribution in [0.15, 0.2) is 45.3 Å². The maximum Gasteiger partial charge on any atom is 0.244 e. The number of fused-ring (bicyclic) bond motifs is 1. The molecule has 0 saturated carbocycles. The summed E-state index contributed by atoms with van der Waals surface area (Å²) in [7, 11) is 0. The third kappa shape index (κ3) is 3.18. The van der Waals surface area contributed by atoms with E-state index in [0.29, 0.717) is 24.5 Å². The summed E-state index contributed by atoms with van der Waals surface area (Å²) in [4.78, 5) is 26.3. The second kappa shape index (κ2) is 6.78. The molecule has 0 unspecified atom stereocenters. The number of rotatable bonds is 4. The van der Waals surface area contributed by atoms with E-state index in [0.717, 1.165) is 22.2 Å². The SMILES string of the molecule is C[C@@]12CCC(=O)N1[C@@H](C(=O)NCc1ccc(-c3ccc(Br)cc3)o1)CS2. The molecule has 2 aliphatic rings. The Hall–Kier alpha value is -1.73. The van der Waals surface area contributed by atoms with Gasteiger partial charge in [-0.05, 0) is 37.6 Å². The standard InChI is InChI=1S/C19H19BrN2O3S/c1-19-9-8-17(23)22(19)15(11-26-19)18(24)21-10-14-6-7-16(25-14)12-2-4-13(20)5-3-12/h2-7,15H,8-11H2,1H3,(H,21,24)/t15-,19-/m1/s1. The Morgan fingerprint density at radius 1 is 1.35 bits per heavy atom. The summed E-state index contributed by atoms with van der Waals surface area (Å²) in [6.45, 7) is 2.36. The zero-order valence-corrected chi connectivity index (χ0v) is 16.7. The predicted molar refractivity (Wildman–Crippen MR) is 104 cm³/mol. The van der Waals surface area contributed by atoms with Crippen LogP contribution in [0.2, 0.25) is 0 Å². The molecule has 2 atom stereocenters. The molecule has 2 saturated heterocycles. The number of hydrogen-bond acceptors (Lipinski definition) is 4. The van der Waals surface area contributed by atoms with Gasteiger partial charge in [0, 0.05) is 22.2 Å². The lowest BCUT2D eigenvalue weighted by Crippen LogP contribution is -2.49. The Kier molecular flexibility index (Phi) is 4.61. The van der Waals surface area contributed by atoms with Gasteiger partial charge in [-0.15, -0.1) is 11.8 Å². The summed E-state index contributed by atoms with van der Waals surface area (Å²) >= 11 is 5.11. The van der Waals surface area contributed by atoms with Crippen molar-refractivity contribution >= 4 is 39.5 Å². The van der Waals surface area contributed by atoms with Crippen LogP contribution in [0, 0.1) is 0 Å². The number of nitrogens with zero attached hydrogens (tertiary/aromatic N) is 1. The molecule has 136 valence electrons. The summed E-state index contributed by atoms with van der Waals surface area (Å²) in [6, 6.07) is 11.2. The Balaban J connectivity index is 1.39. The average molecular weight is 435 g/mol. The molecule has 1 N–H and O–H groups in total. The molecule has 0 aliphatic carbocycles. The summed E-state index contributed by atoms with van der Waals surface area (Å²) in [6.07, 6.45) is 1.34. The van der Waals surface area contributed by atoms with Gasteiger partial charge in [0.25, 0.3) is 0 Å². The van der Waals surface area contributed by atoms with Gasteiger partial charge in [0.2, 0.25) is 11.8 Å². The van der Waals surface area contributed by atoms with E-state index < -0.39 is 0 Å². The lowest BCUT2D eigenvalue weighted by atomic mass is 10.2. The second-order valence-electron chi connectivity index (χ2n) is 6.76. The van der Waals surface area contributed by atoms with Gasteiger partial charge in [-0.1, -0.05) is 28.1 Å². The Labute approximate surface area is 164 Å². The highest BCUT2D eigenvalue weighted by molar-refractivity contribution is 9.10. The molecule has 1 aromatic heterocycles. The van der Waals surface area contributed by atoms with E-state index in [1.807, 2.05) is 43.3 Å². The number of carbonyl (C=O) groups excluding carboxylic acids is 2. The smallest absolute Gasteiger partial charge is 0.244 e. The van der Waals surface area contributed by atoms with Crippen LogP contribution in [0.4, 0.5) is 0 Å². The van der Waals surface area contributed by atoms with Crippen LogP contribution in [0.1, 0.15) is 25.5 Å². The number of hydrogen-bond donors (Lipinski definition) is 1. The number of nitrogens with one attached hydrogen (secondary N) is 1. The van der Waals surface area contributed by atoms with Crippen LogP contribution in [-0.2, 0) is 16.1 Å². The largest absolute Gasteiger partial charge is 0.459 e. The molecular weight excluding hydrogens is 416 g/mol. The first-order chi connectivity index (χ1) is 12.5. The van der Waals surface area contributed by atoms with Gasteiger partial charge >= 0.3 is 0 Å². The van der Waals surface area contributed by atoms with Crippen LogP contribution in [0.5, 0.6) is 0 Å². The molecule has 2 aliphatic heterocycles. The number of benzene rings is 1. The molecule has 2 aromatic rings. The summed E-state index contributed by atoms with van der Waals surface area (Å²) in [5.74, 6) is 2.07. The number of carbonyl (C=O) groups is 2. The topological polar surface area (TPSA) is 62.6 Å². The first kappa shape index (κ1) is 17.7. The number of amides is 2. The first-order valence-corrected chi connectivity index (χ1v) is 10.3. The minimum Gasteiger partial charge on any atom is -0.459 e. The zero-order valence-electron chi connectivity index (χ0n) is 14.3. The fourth-order valence-electron chi connectivity index (χ4n) is 3.55. The summed E-state index contributed by atoms with van der Waals surface area (Å²) in [5.41, 5.74) is 0.983. The Bertz CT molecular complexity index is 851. The molecule has 3 heterocycles. The molecule has 7 heteroatoms. The predicted octanol–water partition coefficient (Wildman–Crippen LogP) is 3.78. The van der Waals surface area contributed by atoms with Crippen molar-refractivity contribution in [3.63, 3.8) is 0 Å². The van der Waals surface area contributed by atoms with E-state index in [-0.39, 0.29) is 22.7 Å². The minimum absolute atomic E-state index is 0.0770. The third-order valence-electron chi connectivity index (χ3n) is 4.97. The van der Waals surface area contributed by atoms with Gasteiger partial charge in [-0.2, -0.15) is 0 Å². The van der Waals surface area contributed by atoms with Crippen LogP contribution >= 0.6 is 27.7 Å². The number of furan rings is 1. The quantitative estimate of drug-likeness (QED) is 0.794. The molecule has 4 rings (SSSR count). The van der Waals surface area contributed by atoms with Gasteiger partial charge in [-0.25, -0.2) is 0 Å². The van der Waals surface area contributed by atoms with Gasteiger partial charge in [-0.3, -0.25) is 9.59 Å². The van der Waals surface area contributed by atoms with Crippen molar-refractivity contribution < 1.29 is 14.0 Å². The van der Waals surface area contributed by atoms with Crippen molar-refractivity contribution in [3.05, 3.63) is 46.6 Å². The Morgan fingerprint density at radius 3 is 2.88 bits per heavy atom. The number of thioether (sulfide) groups is 1. The van der Waals surface area contributed by atoms with Gasteiger partial charge < -0.3 is 14.6 Å². The van der Waals surface area contributed by atoms with Crippen LogP contribution in [0.3, 0.4) is 0 Å². The maximum atomic E-state index is 12.6. The van der Waals surface area contributed by atoms with E-state index in [9.17, 15) is 9.59 Å². The van der Waals surface area contributed by atoms with Crippen molar-refractivity contribution in [1.29, 1.82) is 0 Å². The third-order valence-corrected chi connectivity index (χ3v) is 7.01. The lowest BCUT2D eigenvalue weighted by molar-refractivity contribution is -0.138. The van der Waals surface area contributed by atoms with Gasteiger partial charge in [0.05, 0.1) is 11.4 Å². The van der Waals surface area contributed by atoms with Crippen molar-refractivity contribution in [2.24, 2.45) is 0 Å². The highest BCUT2D eigenvalue weighted by Crippen LogP contribution is 2.47. The molecule has 0 bridgehead atoms. The summed E-state index contributed by atoms with van der Waals surface area (Å²) in [5, 5.41) is 2.92. The molecule has 5 nitrogen and oxygen atoms in total. The van der Waals surface area contributed by atoms with E-state index >= 15 is 0 Å². The molecule has 26 heavy (non-hydrogen) atoms. The van der Waals surface area contributed by atoms with Crippen LogP contribution in [0.25, 0.3) is 11.3 Å². The van der Waals surface area contributed by atoms with Crippen LogP contribution < -0.4 is 5.32 Å².